The van der Waals surface area contributed by atoms with E-state index in [1.165, 1.54) is 30.3 Å². The summed E-state index contributed by atoms with van der Waals surface area (Å²) in [5, 5.41) is 3.88. The van der Waals surface area contributed by atoms with Gasteiger partial charge in [0.15, 0.2) is 6.61 Å². The molecule has 0 spiro atoms. The SMILES string of the molecule is O=C(COc1ccc(F)cc1)N1CCCC(Cc2nc(-c3ccccc3F)no2)C1. The van der Waals surface area contributed by atoms with Gasteiger partial charge >= 0.3 is 0 Å². The Bertz CT molecular complexity index is 1010. The Labute approximate surface area is 172 Å². The Hall–Kier alpha value is -3.29. The highest BCUT2D eigenvalue weighted by Gasteiger charge is 2.26. The number of aromatic nitrogens is 2. The predicted molar refractivity (Wildman–Crippen MR) is 105 cm³/mol. The van der Waals surface area contributed by atoms with E-state index in [9.17, 15) is 13.6 Å². The number of hydrogen-bond acceptors (Lipinski definition) is 5. The molecule has 1 unspecified atom stereocenters. The third-order valence-electron chi connectivity index (χ3n) is 5.09. The molecule has 1 amide bonds. The summed E-state index contributed by atoms with van der Waals surface area (Å²) in [5.41, 5.74) is 0.297. The smallest absolute Gasteiger partial charge is 0.260 e. The van der Waals surface area contributed by atoms with Gasteiger partial charge < -0.3 is 14.2 Å². The van der Waals surface area contributed by atoms with Gasteiger partial charge in [0.2, 0.25) is 11.7 Å². The first-order chi connectivity index (χ1) is 14.6. The molecule has 2 aromatic carbocycles. The van der Waals surface area contributed by atoms with Crippen LogP contribution in [0.25, 0.3) is 11.4 Å². The highest BCUT2D eigenvalue weighted by Crippen LogP contribution is 2.23. The molecular formula is C22H21F2N3O3. The zero-order chi connectivity index (χ0) is 20.9. The number of ether oxygens (including phenoxy) is 1. The van der Waals surface area contributed by atoms with Crippen LogP contribution in [-0.2, 0) is 11.2 Å². The van der Waals surface area contributed by atoms with Crippen molar-refractivity contribution < 1.29 is 22.8 Å². The Kier molecular flexibility index (Phi) is 6.02. The fraction of sp³-hybridized carbons (Fsp3) is 0.318. The van der Waals surface area contributed by atoms with Crippen molar-refractivity contribution in [2.24, 2.45) is 5.92 Å². The zero-order valence-corrected chi connectivity index (χ0v) is 16.3. The first-order valence-corrected chi connectivity index (χ1v) is 9.82. The molecule has 6 nitrogen and oxygen atoms in total. The summed E-state index contributed by atoms with van der Waals surface area (Å²) in [6.07, 6.45) is 2.31. The number of nitrogens with zero attached hydrogens (tertiary/aromatic N) is 3. The number of hydrogen-bond donors (Lipinski definition) is 0. The number of carbonyl (C=O) groups is 1. The molecule has 2 heterocycles. The summed E-state index contributed by atoms with van der Waals surface area (Å²) < 4.78 is 37.6. The fourth-order valence-electron chi connectivity index (χ4n) is 3.56. The van der Waals surface area contributed by atoms with Crippen molar-refractivity contribution in [3.63, 3.8) is 0 Å². The average molecular weight is 413 g/mol. The second kappa shape index (κ2) is 9.02. The second-order valence-electron chi connectivity index (χ2n) is 7.29. The molecule has 0 radical (unpaired) electrons. The predicted octanol–water partition coefficient (Wildman–Crippen LogP) is 3.87. The summed E-state index contributed by atoms with van der Waals surface area (Å²) in [5.74, 6) is 0.385. The van der Waals surface area contributed by atoms with Gasteiger partial charge in [-0.25, -0.2) is 8.78 Å². The summed E-state index contributed by atoms with van der Waals surface area (Å²) in [6.45, 7) is 1.12. The van der Waals surface area contributed by atoms with Gasteiger partial charge in [-0.1, -0.05) is 17.3 Å². The zero-order valence-electron chi connectivity index (χ0n) is 16.3. The maximum Gasteiger partial charge on any atom is 0.260 e. The molecule has 3 aromatic rings. The summed E-state index contributed by atoms with van der Waals surface area (Å²) >= 11 is 0. The Balaban J connectivity index is 1.32. The number of likely N-dealkylation sites (tertiary alicyclic amines) is 1. The molecule has 1 saturated heterocycles. The lowest BCUT2D eigenvalue weighted by atomic mass is 9.94. The van der Waals surface area contributed by atoms with Crippen LogP contribution in [0.2, 0.25) is 0 Å². The van der Waals surface area contributed by atoms with E-state index < -0.39 is 5.82 Å². The van der Waals surface area contributed by atoms with E-state index in [2.05, 4.69) is 10.1 Å². The quantitative estimate of drug-likeness (QED) is 0.614. The van der Waals surface area contributed by atoms with Crippen LogP contribution in [0.4, 0.5) is 8.78 Å². The van der Waals surface area contributed by atoms with Gasteiger partial charge in [0.05, 0.1) is 5.56 Å². The van der Waals surface area contributed by atoms with E-state index >= 15 is 0 Å². The Morgan fingerprint density at radius 2 is 1.97 bits per heavy atom. The van der Waals surface area contributed by atoms with E-state index in [4.69, 9.17) is 9.26 Å². The Morgan fingerprint density at radius 1 is 1.17 bits per heavy atom. The normalized spacial score (nSPS) is 16.5. The first kappa shape index (κ1) is 20.0. The molecule has 0 aliphatic carbocycles. The molecule has 0 N–H and O–H groups in total. The lowest BCUT2D eigenvalue weighted by Crippen LogP contribution is -2.42. The summed E-state index contributed by atoms with van der Waals surface area (Å²) in [6, 6.07) is 11.8. The highest BCUT2D eigenvalue weighted by molar-refractivity contribution is 5.77. The molecular weight excluding hydrogens is 392 g/mol. The molecule has 1 atom stereocenters. The number of piperidine rings is 1. The maximum absolute atomic E-state index is 13.9. The molecule has 1 fully saturated rings. The number of rotatable bonds is 6. The van der Waals surface area contributed by atoms with Gasteiger partial charge in [-0.2, -0.15) is 4.98 Å². The van der Waals surface area contributed by atoms with Crippen molar-refractivity contribution >= 4 is 5.91 Å². The summed E-state index contributed by atoms with van der Waals surface area (Å²) in [4.78, 5) is 18.6. The molecule has 1 aliphatic rings. The maximum atomic E-state index is 13.9. The minimum absolute atomic E-state index is 0.101. The van der Waals surface area contributed by atoms with Crippen LogP contribution in [0.5, 0.6) is 5.75 Å². The summed E-state index contributed by atoms with van der Waals surface area (Å²) in [7, 11) is 0. The Morgan fingerprint density at radius 3 is 2.77 bits per heavy atom. The largest absolute Gasteiger partial charge is 0.484 e. The van der Waals surface area contributed by atoms with Gasteiger partial charge in [-0.3, -0.25) is 4.79 Å². The van der Waals surface area contributed by atoms with Crippen LogP contribution in [0.1, 0.15) is 18.7 Å². The molecule has 156 valence electrons. The van der Waals surface area contributed by atoms with Crippen LogP contribution in [0.3, 0.4) is 0 Å². The van der Waals surface area contributed by atoms with Crippen LogP contribution >= 0.6 is 0 Å². The van der Waals surface area contributed by atoms with Gasteiger partial charge in [-0.05, 0) is 55.2 Å². The number of carbonyl (C=O) groups excluding carboxylic acids is 1. The first-order valence-electron chi connectivity index (χ1n) is 9.82. The van der Waals surface area contributed by atoms with Crippen molar-refractivity contribution in [2.45, 2.75) is 19.3 Å². The minimum Gasteiger partial charge on any atom is -0.484 e. The van der Waals surface area contributed by atoms with Crippen molar-refractivity contribution in [3.8, 4) is 17.1 Å². The number of benzene rings is 2. The lowest BCUT2D eigenvalue weighted by Gasteiger charge is -2.32. The molecule has 0 saturated carbocycles. The van der Waals surface area contributed by atoms with Gasteiger partial charge in [-0.15, -0.1) is 0 Å². The van der Waals surface area contributed by atoms with Gasteiger partial charge in [0, 0.05) is 19.5 Å². The van der Waals surface area contributed by atoms with E-state index in [1.807, 2.05) is 0 Å². The van der Waals surface area contributed by atoms with Crippen molar-refractivity contribution in [2.75, 3.05) is 19.7 Å². The molecule has 1 aliphatic heterocycles. The lowest BCUT2D eigenvalue weighted by molar-refractivity contribution is -0.135. The van der Waals surface area contributed by atoms with E-state index in [0.717, 1.165) is 12.8 Å². The second-order valence-corrected chi connectivity index (χ2v) is 7.29. The average Bonchev–Trinajstić information content (AvgIpc) is 3.22. The van der Waals surface area contributed by atoms with Crippen LogP contribution < -0.4 is 4.74 Å². The third-order valence-corrected chi connectivity index (χ3v) is 5.09. The van der Waals surface area contributed by atoms with Gasteiger partial charge in [0.1, 0.15) is 17.4 Å². The van der Waals surface area contributed by atoms with E-state index in [-0.39, 0.29) is 30.1 Å². The standard InChI is InChI=1S/C22H21F2N3O3/c23-16-7-9-17(10-8-16)29-14-21(28)27-11-3-4-15(13-27)12-20-25-22(26-30-20)18-5-1-2-6-19(18)24/h1-2,5-10,15H,3-4,11-14H2. The molecule has 30 heavy (non-hydrogen) atoms. The van der Waals surface area contributed by atoms with Crippen LogP contribution in [0, 0.1) is 17.6 Å². The van der Waals surface area contributed by atoms with Crippen LogP contribution in [-0.4, -0.2) is 40.6 Å². The topological polar surface area (TPSA) is 68.5 Å². The molecule has 8 heteroatoms. The number of amides is 1. The van der Waals surface area contributed by atoms with Crippen molar-refractivity contribution in [1.29, 1.82) is 0 Å². The van der Waals surface area contributed by atoms with E-state index in [1.54, 1.807) is 23.1 Å². The number of halogens is 2. The molecule has 4 rings (SSSR count). The van der Waals surface area contributed by atoms with Gasteiger partial charge in [0.25, 0.3) is 5.91 Å². The van der Waals surface area contributed by atoms with E-state index in [0.29, 0.717) is 36.7 Å². The van der Waals surface area contributed by atoms with Crippen LogP contribution in [0.15, 0.2) is 53.1 Å². The highest BCUT2D eigenvalue weighted by atomic mass is 19.1. The van der Waals surface area contributed by atoms with Crippen molar-refractivity contribution in [1.82, 2.24) is 15.0 Å². The minimum atomic E-state index is -0.402. The fourth-order valence-corrected chi connectivity index (χ4v) is 3.56. The third kappa shape index (κ3) is 4.82. The van der Waals surface area contributed by atoms with Crippen molar-refractivity contribution in [3.05, 3.63) is 66.1 Å². The molecule has 0 bridgehead atoms. The molecule has 1 aromatic heterocycles. The monoisotopic (exact) mass is 413 g/mol.